The summed E-state index contributed by atoms with van der Waals surface area (Å²) in [4.78, 5) is 11.5. The van der Waals surface area contributed by atoms with Crippen LogP contribution in [-0.4, -0.2) is 11.9 Å². The van der Waals surface area contributed by atoms with E-state index in [9.17, 15) is 4.79 Å². The number of nitrogens with two attached hydrogens (primary N) is 1. The molecule has 1 rings (SSSR count). The van der Waals surface area contributed by atoms with E-state index in [0.717, 1.165) is 0 Å². The highest BCUT2D eigenvalue weighted by Crippen LogP contribution is 2.12. The molecular formula is C11H14N2O2. The third-order valence-electron chi connectivity index (χ3n) is 2.00. The molecule has 2 atom stereocenters. The van der Waals surface area contributed by atoms with E-state index in [-0.39, 0.29) is 18.4 Å². The van der Waals surface area contributed by atoms with E-state index >= 15 is 0 Å². The van der Waals surface area contributed by atoms with Crippen molar-refractivity contribution in [2.45, 2.75) is 25.4 Å². The number of rotatable bonds is 4. The number of furan rings is 1. The number of carbonyl (C=O) groups excluding carboxylic acids is 1. The van der Waals surface area contributed by atoms with Gasteiger partial charge in [-0.2, -0.15) is 0 Å². The number of hydrogen-bond donors (Lipinski definition) is 2. The highest BCUT2D eigenvalue weighted by molar-refractivity contribution is 5.82. The predicted octanol–water partition coefficient (Wildman–Crippen LogP) is 0.807. The van der Waals surface area contributed by atoms with Crippen LogP contribution in [0.1, 0.15) is 25.1 Å². The summed E-state index contributed by atoms with van der Waals surface area (Å²) >= 11 is 0. The maximum absolute atomic E-state index is 11.5. The van der Waals surface area contributed by atoms with Crippen LogP contribution in [0.3, 0.4) is 0 Å². The quantitative estimate of drug-likeness (QED) is 0.716. The van der Waals surface area contributed by atoms with Gasteiger partial charge >= 0.3 is 0 Å². The van der Waals surface area contributed by atoms with Gasteiger partial charge in [0, 0.05) is 6.42 Å². The Morgan fingerprint density at radius 3 is 3.07 bits per heavy atom. The summed E-state index contributed by atoms with van der Waals surface area (Å²) in [5, 5.41) is 2.71. The topological polar surface area (TPSA) is 68.3 Å². The summed E-state index contributed by atoms with van der Waals surface area (Å²) in [5.41, 5.74) is 5.54. The number of carbonyl (C=O) groups is 1. The molecule has 0 aliphatic carbocycles. The second-order valence-electron chi connectivity index (χ2n) is 3.26. The Labute approximate surface area is 88.8 Å². The highest BCUT2D eigenvalue weighted by atomic mass is 16.3. The van der Waals surface area contributed by atoms with Crippen molar-refractivity contribution in [3.05, 3.63) is 24.2 Å². The van der Waals surface area contributed by atoms with Crippen molar-refractivity contribution in [3.8, 4) is 12.3 Å². The Morgan fingerprint density at radius 1 is 1.80 bits per heavy atom. The first-order chi connectivity index (χ1) is 7.15. The van der Waals surface area contributed by atoms with Gasteiger partial charge in [-0.1, -0.05) is 0 Å². The monoisotopic (exact) mass is 206 g/mol. The van der Waals surface area contributed by atoms with E-state index in [1.54, 1.807) is 18.4 Å². The molecule has 0 radical (unpaired) electrons. The van der Waals surface area contributed by atoms with Crippen molar-refractivity contribution in [1.29, 1.82) is 0 Å². The fraction of sp³-hybridized carbons (Fsp3) is 0.364. The first kappa shape index (κ1) is 11.3. The van der Waals surface area contributed by atoms with Crippen LogP contribution in [0.5, 0.6) is 0 Å². The lowest BCUT2D eigenvalue weighted by molar-refractivity contribution is -0.123. The Kier molecular flexibility index (Phi) is 3.95. The molecule has 15 heavy (non-hydrogen) atoms. The molecule has 0 spiro atoms. The number of nitrogens with one attached hydrogen (secondary N) is 1. The lowest BCUT2D eigenvalue weighted by atomic mass is 10.2. The maximum Gasteiger partial charge on any atom is 0.238 e. The van der Waals surface area contributed by atoms with Gasteiger partial charge in [0.05, 0.1) is 18.3 Å². The van der Waals surface area contributed by atoms with Gasteiger partial charge in [-0.25, -0.2) is 0 Å². The molecule has 4 heteroatoms. The summed E-state index contributed by atoms with van der Waals surface area (Å²) in [6, 6.07) is 2.69. The van der Waals surface area contributed by atoms with Crippen LogP contribution in [0.2, 0.25) is 0 Å². The number of hydrogen-bond acceptors (Lipinski definition) is 3. The minimum absolute atomic E-state index is 0.198. The first-order valence-electron chi connectivity index (χ1n) is 4.68. The molecule has 0 aliphatic rings. The summed E-state index contributed by atoms with van der Waals surface area (Å²) < 4.78 is 5.14. The summed E-state index contributed by atoms with van der Waals surface area (Å²) in [5.74, 6) is 2.77. The van der Waals surface area contributed by atoms with Crippen LogP contribution in [0.15, 0.2) is 22.8 Å². The maximum atomic E-state index is 11.5. The third-order valence-corrected chi connectivity index (χ3v) is 2.00. The van der Waals surface area contributed by atoms with Gasteiger partial charge in [0.25, 0.3) is 0 Å². The van der Waals surface area contributed by atoms with Crippen LogP contribution in [0.25, 0.3) is 0 Å². The van der Waals surface area contributed by atoms with Gasteiger partial charge in [0.2, 0.25) is 5.91 Å². The zero-order chi connectivity index (χ0) is 11.3. The average Bonchev–Trinajstić information content (AvgIpc) is 2.70. The minimum Gasteiger partial charge on any atom is -0.467 e. The predicted molar refractivity (Wildman–Crippen MR) is 56.7 cm³/mol. The first-order valence-corrected chi connectivity index (χ1v) is 4.68. The van der Waals surface area contributed by atoms with Gasteiger partial charge < -0.3 is 15.5 Å². The van der Waals surface area contributed by atoms with Crippen LogP contribution in [0.4, 0.5) is 0 Å². The van der Waals surface area contributed by atoms with E-state index in [1.165, 1.54) is 0 Å². The van der Waals surface area contributed by atoms with Crippen molar-refractivity contribution >= 4 is 5.91 Å². The van der Waals surface area contributed by atoms with Gasteiger partial charge in [-0.05, 0) is 19.1 Å². The molecule has 80 valence electrons. The molecular weight excluding hydrogens is 192 g/mol. The summed E-state index contributed by atoms with van der Waals surface area (Å²) in [6.07, 6.45) is 6.85. The van der Waals surface area contributed by atoms with Crippen molar-refractivity contribution in [2.75, 3.05) is 0 Å². The van der Waals surface area contributed by atoms with E-state index in [1.807, 2.05) is 6.92 Å². The molecule has 0 bridgehead atoms. The fourth-order valence-corrected chi connectivity index (χ4v) is 1.15. The molecule has 0 saturated heterocycles. The molecule has 0 aromatic carbocycles. The third kappa shape index (κ3) is 3.15. The number of terminal acetylenes is 1. The highest BCUT2D eigenvalue weighted by Gasteiger charge is 2.16. The largest absolute Gasteiger partial charge is 0.467 e. The lowest BCUT2D eigenvalue weighted by Crippen LogP contribution is -2.41. The Balaban J connectivity index is 2.49. The Morgan fingerprint density at radius 2 is 2.53 bits per heavy atom. The summed E-state index contributed by atoms with van der Waals surface area (Å²) in [7, 11) is 0. The van der Waals surface area contributed by atoms with E-state index in [2.05, 4.69) is 11.2 Å². The Bertz CT molecular complexity index is 351. The van der Waals surface area contributed by atoms with Crippen LogP contribution < -0.4 is 11.1 Å². The van der Waals surface area contributed by atoms with Gasteiger partial charge in [0.15, 0.2) is 0 Å². The normalized spacial score (nSPS) is 13.9. The van der Waals surface area contributed by atoms with Gasteiger partial charge in [-0.15, -0.1) is 12.3 Å². The van der Waals surface area contributed by atoms with Crippen molar-refractivity contribution < 1.29 is 9.21 Å². The standard InChI is InChI=1S/C11H14N2O2/c1-3-5-9(12)11(14)13-8(2)10-6-4-7-15-10/h1,4,6-9H,5,12H2,2H3,(H,13,14)/t8-,9?/m1/s1. The molecule has 0 fully saturated rings. The molecule has 1 aromatic heterocycles. The Hall–Kier alpha value is -1.73. The zero-order valence-corrected chi connectivity index (χ0v) is 8.57. The molecule has 4 nitrogen and oxygen atoms in total. The second kappa shape index (κ2) is 5.23. The summed E-state index contributed by atoms with van der Waals surface area (Å²) in [6.45, 7) is 1.82. The molecule has 3 N–H and O–H groups in total. The van der Waals surface area contributed by atoms with E-state index in [0.29, 0.717) is 5.76 Å². The average molecular weight is 206 g/mol. The van der Waals surface area contributed by atoms with Gasteiger partial charge in [-0.3, -0.25) is 4.79 Å². The van der Waals surface area contributed by atoms with E-state index in [4.69, 9.17) is 16.6 Å². The van der Waals surface area contributed by atoms with Gasteiger partial charge in [0.1, 0.15) is 5.76 Å². The second-order valence-corrected chi connectivity index (χ2v) is 3.26. The van der Waals surface area contributed by atoms with Crippen LogP contribution in [-0.2, 0) is 4.79 Å². The minimum atomic E-state index is -0.660. The fourth-order valence-electron chi connectivity index (χ4n) is 1.15. The SMILES string of the molecule is C#CCC(N)C(=O)N[C@H](C)c1ccco1. The molecule has 1 aromatic rings. The smallest absolute Gasteiger partial charge is 0.238 e. The number of amides is 1. The van der Waals surface area contributed by atoms with Crippen LogP contribution in [0, 0.1) is 12.3 Å². The van der Waals surface area contributed by atoms with E-state index < -0.39 is 6.04 Å². The molecule has 0 aliphatic heterocycles. The van der Waals surface area contributed by atoms with Crippen molar-refractivity contribution in [1.82, 2.24) is 5.32 Å². The molecule has 1 unspecified atom stereocenters. The van der Waals surface area contributed by atoms with Crippen LogP contribution >= 0.6 is 0 Å². The van der Waals surface area contributed by atoms with Crippen molar-refractivity contribution in [2.24, 2.45) is 5.73 Å². The van der Waals surface area contributed by atoms with Crippen molar-refractivity contribution in [3.63, 3.8) is 0 Å². The molecule has 1 amide bonds. The lowest BCUT2D eigenvalue weighted by Gasteiger charge is -2.14. The zero-order valence-electron chi connectivity index (χ0n) is 8.57. The molecule has 0 saturated carbocycles. The molecule has 1 heterocycles.